The van der Waals surface area contributed by atoms with E-state index < -0.39 is 142 Å². The van der Waals surface area contributed by atoms with Crippen LogP contribution in [0.25, 0.3) is 0 Å². The Morgan fingerprint density at radius 3 is 1.07 bits per heavy atom. The van der Waals surface area contributed by atoms with Gasteiger partial charge in [0.15, 0.2) is 0 Å². The van der Waals surface area contributed by atoms with Crippen LogP contribution < -0.4 is 16.0 Å². The summed E-state index contributed by atoms with van der Waals surface area (Å²) >= 11 is 0. The quantitative estimate of drug-likeness (QED) is 0.0247. The first kappa shape index (κ1) is 70.2. The first-order valence-electron chi connectivity index (χ1n) is 28.0. The molecule has 0 saturated heterocycles. The summed E-state index contributed by atoms with van der Waals surface area (Å²) in [5, 5.41) is 43.5. The van der Waals surface area contributed by atoms with Crippen LogP contribution in [0.3, 0.4) is 0 Å². The molecular formula is C54H93N5O17. The maximum Gasteiger partial charge on any atom is 0.326 e. The van der Waals surface area contributed by atoms with E-state index in [0.717, 1.165) is 43.4 Å². The number of carboxylic acids is 4. The van der Waals surface area contributed by atoms with Crippen molar-refractivity contribution >= 4 is 65.4 Å². The van der Waals surface area contributed by atoms with Gasteiger partial charge in [0.1, 0.15) is 25.3 Å². The van der Waals surface area contributed by atoms with Gasteiger partial charge in [0.05, 0.1) is 19.6 Å². The molecule has 2 atom stereocenters. The van der Waals surface area contributed by atoms with E-state index in [9.17, 15) is 63.0 Å². The maximum absolute atomic E-state index is 13.5. The van der Waals surface area contributed by atoms with Crippen molar-refractivity contribution in [1.29, 1.82) is 0 Å². The van der Waals surface area contributed by atoms with Gasteiger partial charge in [-0.05, 0) is 25.7 Å². The molecule has 0 heterocycles. The van der Waals surface area contributed by atoms with Gasteiger partial charge in [0, 0.05) is 64.5 Å². The van der Waals surface area contributed by atoms with Gasteiger partial charge in [0.25, 0.3) is 0 Å². The second-order valence-electron chi connectivity index (χ2n) is 19.3. The molecule has 0 radical (unpaired) electrons. The Hall–Kier alpha value is -5.83. The van der Waals surface area contributed by atoms with Crippen molar-refractivity contribution in [3.8, 4) is 0 Å². The Morgan fingerprint density at radius 1 is 0.382 bits per heavy atom. The van der Waals surface area contributed by atoms with Crippen molar-refractivity contribution in [1.82, 2.24) is 25.8 Å². The monoisotopic (exact) mass is 1080 g/mol. The summed E-state index contributed by atoms with van der Waals surface area (Å²) in [4.78, 5) is 138. The number of unbranched alkanes of at least 4 members (excludes halogenated alkanes) is 20. The van der Waals surface area contributed by atoms with E-state index in [1.807, 2.05) is 0 Å². The molecule has 0 aromatic heterocycles. The van der Waals surface area contributed by atoms with Crippen LogP contribution in [0.15, 0.2) is 0 Å². The minimum atomic E-state index is -1.56. The molecule has 0 bridgehead atoms. The topological polar surface area (TPSA) is 330 Å². The number of esters is 2. The molecule has 0 unspecified atom stereocenters. The van der Waals surface area contributed by atoms with Crippen LogP contribution in [-0.2, 0) is 62.2 Å². The molecule has 5 amide bonds. The molecule has 0 aromatic rings. The van der Waals surface area contributed by atoms with Gasteiger partial charge >= 0.3 is 35.8 Å². The summed E-state index contributed by atoms with van der Waals surface area (Å²) < 4.78 is 10.9. The highest BCUT2D eigenvalue weighted by molar-refractivity contribution is 5.89. The lowest BCUT2D eigenvalue weighted by molar-refractivity contribution is -0.148. The van der Waals surface area contributed by atoms with Gasteiger partial charge in [-0.3, -0.25) is 43.2 Å². The molecule has 0 fully saturated rings. The average molecular weight is 1080 g/mol. The zero-order chi connectivity index (χ0) is 56.8. The third kappa shape index (κ3) is 41.4. The summed E-state index contributed by atoms with van der Waals surface area (Å²) in [6.45, 7) is 2.54. The van der Waals surface area contributed by atoms with Gasteiger partial charge in [-0.1, -0.05) is 142 Å². The van der Waals surface area contributed by atoms with Crippen LogP contribution in [0.5, 0.6) is 0 Å². The Labute approximate surface area is 449 Å². The first-order chi connectivity index (χ1) is 36.4. The number of rotatable bonds is 51. The van der Waals surface area contributed by atoms with Gasteiger partial charge in [-0.2, -0.15) is 0 Å². The standard InChI is InChI=1S/C54H93N5O17/c1-3-5-7-9-11-13-15-17-19-21-23-25-51(69)75-39-37-59(38-40-76-52(70)26-24-22-20-18-16-14-12-10-8-6-4-2)47(63)30-29-44(60)55-41-48(64)58(35-33-45(61)56-42(53(71)72)27-31-49(65)66)36-34-46(62)57-43(54(73)74)28-32-50(67)68/h42-43H,3-41H2,1-2H3,(H,55,60)(H,56,61)(H,57,62)(H,65,66)(H,67,68)(H,71,72)(H,73,74)/t42-,43-/m0/s1. The molecular weight excluding hydrogens is 991 g/mol. The minimum absolute atomic E-state index is 0.0330. The maximum atomic E-state index is 13.5. The molecule has 7 N–H and O–H groups in total. The minimum Gasteiger partial charge on any atom is -0.481 e. The highest BCUT2D eigenvalue weighted by Crippen LogP contribution is 2.14. The van der Waals surface area contributed by atoms with Gasteiger partial charge in [-0.15, -0.1) is 0 Å². The van der Waals surface area contributed by atoms with E-state index in [2.05, 4.69) is 29.8 Å². The van der Waals surface area contributed by atoms with E-state index in [4.69, 9.17) is 19.7 Å². The molecule has 0 aromatic carbocycles. The van der Waals surface area contributed by atoms with Crippen molar-refractivity contribution in [3.05, 3.63) is 0 Å². The van der Waals surface area contributed by atoms with Crippen LogP contribution >= 0.6 is 0 Å². The fourth-order valence-corrected chi connectivity index (χ4v) is 8.08. The molecule has 0 spiro atoms. The fourth-order valence-electron chi connectivity index (χ4n) is 8.08. The first-order valence-corrected chi connectivity index (χ1v) is 28.0. The van der Waals surface area contributed by atoms with Crippen molar-refractivity contribution < 1.29 is 82.6 Å². The highest BCUT2D eigenvalue weighted by atomic mass is 16.5. The molecule has 0 aliphatic rings. The van der Waals surface area contributed by atoms with Crippen molar-refractivity contribution in [2.24, 2.45) is 0 Å². The number of nitrogens with one attached hydrogen (secondary N) is 3. The number of hydrogen-bond donors (Lipinski definition) is 7. The van der Waals surface area contributed by atoms with E-state index >= 15 is 0 Å². The third-order valence-electron chi connectivity index (χ3n) is 12.7. The number of ether oxygens (including phenoxy) is 2. The van der Waals surface area contributed by atoms with E-state index in [-0.39, 0.29) is 45.6 Å². The van der Waals surface area contributed by atoms with Crippen LogP contribution in [0, 0.1) is 0 Å². The zero-order valence-electron chi connectivity index (χ0n) is 45.7. The summed E-state index contributed by atoms with van der Waals surface area (Å²) in [5.74, 6) is -10.2. The highest BCUT2D eigenvalue weighted by Gasteiger charge is 2.25. The molecule has 22 nitrogen and oxygen atoms in total. The predicted octanol–water partition coefficient (Wildman–Crippen LogP) is 6.68. The lowest BCUT2D eigenvalue weighted by Gasteiger charge is -2.24. The second kappa shape index (κ2) is 46.5. The molecule has 0 aliphatic heterocycles. The molecule has 76 heavy (non-hydrogen) atoms. The zero-order valence-corrected chi connectivity index (χ0v) is 45.7. The number of amides is 5. The Balaban J connectivity index is 5.51. The second-order valence-corrected chi connectivity index (χ2v) is 19.3. The average Bonchev–Trinajstić information content (AvgIpc) is 3.37. The smallest absolute Gasteiger partial charge is 0.326 e. The number of carboxylic acid groups (broad SMARTS) is 4. The Bertz CT molecular complexity index is 1630. The van der Waals surface area contributed by atoms with Gasteiger partial charge in [-0.25, -0.2) is 9.59 Å². The number of hydrogen-bond acceptors (Lipinski definition) is 13. The summed E-state index contributed by atoms with van der Waals surface area (Å²) in [6, 6.07) is -3.12. The predicted molar refractivity (Wildman–Crippen MR) is 282 cm³/mol. The van der Waals surface area contributed by atoms with Crippen LogP contribution in [0.4, 0.5) is 0 Å². The van der Waals surface area contributed by atoms with E-state index in [0.29, 0.717) is 12.8 Å². The van der Waals surface area contributed by atoms with Crippen LogP contribution in [-0.4, -0.2) is 154 Å². The lowest BCUT2D eigenvalue weighted by atomic mass is 10.1. The van der Waals surface area contributed by atoms with Crippen LogP contribution in [0.2, 0.25) is 0 Å². The molecule has 0 saturated carbocycles. The Morgan fingerprint density at radius 2 is 0.724 bits per heavy atom. The van der Waals surface area contributed by atoms with Crippen LogP contribution in [0.1, 0.15) is 219 Å². The molecule has 22 heteroatoms. The summed E-state index contributed by atoms with van der Waals surface area (Å²) in [7, 11) is 0. The molecule has 0 aliphatic carbocycles. The lowest BCUT2D eigenvalue weighted by Crippen LogP contribution is -2.46. The van der Waals surface area contributed by atoms with Gasteiger partial charge in [0.2, 0.25) is 29.5 Å². The normalized spacial score (nSPS) is 11.7. The number of carbonyl (C=O) groups excluding carboxylic acids is 7. The SMILES string of the molecule is CCCCCCCCCCCCCC(=O)OCCN(CCOC(=O)CCCCCCCCCCCCC)C(=O)CCC(=O)NCC(=O)N(CCC(=O)N[C@@H](CCC(=O)O)C(=O)O)CCC(=O)N[C@@H](CCC(=O)O)C(=O)O. The summed E-state index contributed by atoms with van der Waals surface area (Å²) in [6.07, 6.45) is 21.6. The van der Waals surface area contributed by atoms with Crippen molar-refractivity contribution in [2.45, 2.75) is 231 Å². The largest absolute Gasteiger partial charge is 0.481 e. The van der Waals surface area contributed by atoms with Crippen molar-refractivity contribution in [3.63, 3.8) is 0 Å². The molecule has 436 valence electrons. The van der Waals surface area contributed by atoms with E-state index in [1.165, 1.54) is 94.8 Å². The fraction of sp³-hybridized carbons (Fsp3) is 0.796. The third-order valence-corrected chi connectivity index (χ3v) is 12.7. The van der Waals surface area contributed by atoms with Gasteiger partial charge < -0.3 is 55.7 Å². The van der Waals surface area contributed by atoms with Crippen molar-refractivity contribution in [2.75, 3.05) is 45.9 Å². The number of aliphatic carboxylic acids is 4. The number of nitrogens with zero attached hydrogens (tertiary/aromatic N) is 2. The molecule has 0 rings (SSSR count). The van der Waals surface area contributed by atoms with E-state index in [1.54, 1.807) is 0 Å². The number of carbonyl (C=O) groups is 11. The Kier molecular flexibility index (Phi) is 42.9. The summed E-state index contributed by atoms with van der Waals surface area (Å²) in [5.41, 5.74) is 0.